The minimum atomic E-state index is -4.46. The van der Waals surface area contributed by atoms with E-state index < -0.39 is 22.8 Å². The predicted octanol–water partition coefficient (Wildman–Crippen LogP) is 10.2. The molecule has 2 saturated carbocycles. The van der Waals surface area contributed by atoms with Crippen molar-refractivity contribution in [3.8, 4) is 34.1 Å². The van der Waals surface area contributed by atoms with Crippen LogP contribution in [-0.4, -0.2) is 47.6 Å². The van der Waals surface area contributed by atoms with Gasteiger partial charge >= 0.3 is 6.18 Å². The van der Waals surface area contributed by atoms with Crippen molar-refractivity contribution in [2.24, 2.45) is 11.8 Å². The topological polar surface area (TPSA) is 49.4 Å². The molecule has 6 nitrogen and oxygen atoms in total. The van der Waals surface area contributed by atoms with Crippen molar-refractivity contribution in [2.75, 3.05) is 52.5 Å². The Kier molecular flexibility index (Phi) is 7.76. The van der Waals surface area contributed by atoms with Crippen LogP contribution in [0.4, 0.5) is 18.9 Å². The molecule has 1 saturated heterocycles. The zero-order chi connectivity index (χ0) is 37.7. The van der Waals surface area contributed by atoms with Crippen LogP contribution in [0, 0.1) is 11.8 Å². The lowest BCUT2D eigenvalue weighted by molar-refractivity contribution is -0.137. The highest BCUT2D eigenvalue weighted by molar-refractivity contribution is 6.10. The fourth-order valence-electron chi connectivity index (χ4n) is 10.7. The van der Waals surface area contributed by atoms with Crippen molar-refractivity contribution in [1.29, 1.82) is 0 Å². The van der Waals surface area contributed by atoms with Crippen LogP contribution in [0.1, 0.15) is 59.1 Å². The summed E-state index contributed by atoms with van der Waals surface area (Å²) in [6, 6.07) is 24.8. The Labute approximate surface area is 318 Å². The van der Waals surface area contributed by atoms with E-state index in [2.05, 4.69) is 41.3 Å². The molecule has 4 atom stereocenters. The Hall–Kier alpha value is -5.15. The van der Waals surface area contributed by atoms with Gasteiger partial charge in [0.15, 0.2) is 17.1 Å². The molecule has 3 aliphatic carbocycles. The second-order valence-corrected chi connectivity index (χ2v) is 15.6. The third-order valence-electron chi connectivity index (χ3n) is 13.1. The molecule has 5 aromatic rings. The molecule has 4 unspecified atom stereocenters. The van der Waals surface area contributed by atoms with Crippen LogP contribution < -0.4 is 23.8 Å². The molecule has 9 heteroatoms. The summed E-state index contributed by atoms with van der Waals surface area (Å²) in [6.07, 6.45) is 3.75. The zero-order valence-electron chi connectivity index (χ0n) is 31.1. The van der Waals surface area contributed by atoms with Crippen molar-refractivity contribution in [1.82, 2.24) is 0 Å². The van der Waals surface area contributed by atoms with Crippen LogP contribution in [-0.2, 0) is 21.9 Å². The Morgan fingerprint density at radius 2 is 1.47 bits per heavy atom. The van der Waals surface area contributed by atoms with Crippen LogP contribution in [0.5, 0.6) is 23.0 Å². The number of hydrogen-bond donors (Lipinski definition) is 0. The van der Waals surface area contributed by atoms with E-state index in [1.807, 2.05) is 36.4 Å². The van der Waals surface area contributed by atoms with E-state index in [9.17, 15) is 13.2 Å². The SMILES string of the molecule is COc1ccc(C2(c3ccc(N4CCOCC4)cc3)C=Cc3c4c(c5cc(OC)c(OC)cc5c3O2)-c2ccc(C(F)(F)F)cc2C42CC3CCC2C3)cc1. The molecule has 0 aromatic heterocycles. The van der Waals surface area contributed by atoms with E-state index in [1.165, 1.54) is 12.1 Å². The molecular weight excluding hydrogens is 704 g/mol. The van der Waals surface area contributed by atoms with Gasteiger partial charge in [-0.15, -0.1) is 0 Å². The summed E-state index contributed by atoms with van der Waals surface area (Å²) < 4.78 is 73.9. The molecule has 55 heavy (non-hydrogen) atoms. The largest absolute Gasteiger partial charge is 0.497 e. The number of halogens is 3. The van der Waals surface area contributed by atoms with Crippen LogP contribution in [0.2, 0.25) is 0 Å². The molecule has 0 amide bonds. The standard InChI is InChI=1S/C46H42F3NO5/c1-51-33-13-8-29(9-14-33)45(28-6-11-32(12-7-28)50-18-20-54-21-19-50)17-16-35-42-41(36-24-39(52-2)40(53-3)25-37(36)43(35)55-45)34-15-10-31(46(47,48)49)23-38(34)44(42)26-27-4-5-30(44)22-27/h6-17,23-25,27,30H,4-5,18-22,26H2,1-3H3. The van der Waals surface area contributed by atoms with Crippen LogP contribution in [0.25, 0.3) is 28.0 Å². The number of methoxy groups -OCH3 is 3. The summed E-state index contributed by atoms with van der Waals surface area (Å²) in [4.78, 5) is 2.33. The van der Waals surface area contributed by atoms with Gasteiger partial charge in [-0.2, -0.15) is 13.2 Å². The van der Waals surface area contributed by atoms with Gasteiger partial charge in [-0.05, 0) is 113 Å². The summed E-state index contributed by atoms with van der Waals surface area (Å²) in [5, 5.41) is 1.68. The normalized spacial score (nSPS) is 24.8. The second kappa shape index (κ2) is 12.4. The Balaban J connectivity index is 1.25. The van der Waals surface area contributed by atoms with Gasteiger partial charge in [-0.3, -0.25) is 0 Å². The van der Waals surface area contributed by atoms with Crippen molar-refractivity contribution in [3.05, 3.63) is 118 Å². The van der Waals surface area contributed by atoms with Gasteiger partial charge < -0.3 is 28.6 Å². The Morgan fingerprint density at radius 1 is 0.782 bits per heavy atom. The lowest BCUT2D eigenvalue weighted by atomic mass is 9.65. The van der Waals surface area contributed by atoms with E-state index in [0.29, 0.717) is 36.4 Å². The van der Waals surface area contributed by atoms with Gasteiger partial charge in [0.25, 0.3) is 0 Å². The fraction of sp³-hybridized carbons (Fsp3) is 0.348. The first kappa shape index (κ1) is 34.3. The first-order chi connectivity index (χ1) is 26.7. The molecule has 10 rings (SSSR count). The molecule has 1 spiro atoms. The molecular formula is C46H42F3NO5. The summed E-state index contributed by atoms with van der Waals surface area (Å²) in [6.45, 7) is 3.03. The molecule has 0 radical (unpaired) electrons. The van der Waals surface area contributed by atoms with Gasteiger partial charge in [-0.1, -0.05) is 42.8 Å². The highest BCUT2D eigenvalue weighted by Crippen LogP contribution is 2.69. The van der Waals surface area contributed by atoms with Gasteiger partial charge in [0.1, 0.15) is 11.5 Å². The maximum absolute atomic E-state index is 14.5. The Morgan fingerprint density at radius 3 is 2.09 bits per heavy atom. The highest BCUT2D eigenvalue weighted by Gasteiger charge is 2.59. The van der Waals surface area contributed by atoms with Gasteiger partial charge in [0, 0.05) is 46.3 Å². The lowest BCUT2D eigenvalue weighted by Crippen LogP contribution is -2.37. The van der Waals surface area contributed by atoms with Crippen molar-refractivity contribution in [2.45, 2.75) is 42.9 Å². The molecule has 5 aromatic carbocycles. The van der Waals surface area contributed by atoms with Gasteiger partial charge in [0.05, 0.1) is 40.1 Å². The third-order valence-corrected chi connectivity index (χ3v) is 13.1. The maximum Gasteiger partial charge on any atom is 0.416 e. The molecule has 2 heterocycles. The van der Waals surface area contributed by atoms with Crippen molar-refractivity contribution in [3.63, 3.8) is 0 Å². The number of ether oxygens (including phenoxy) is 5. The summed E-state index contributed by atoms with van der Waals surface area (Å²) in [5.41, 5.74) is 5.34. The van der Waals surface area contributed by atoms with Crippen molar-refractivity contribution >= 4 is 22.5 Å². The highest BCUT2D eigenvalue weighted by atomic mass is 19.4. The molecule has 2 bridgehead atoms. The first-order valence-corrected chi connectivity index (χ1v) is 19.1. The van der Waals surface area contributed by atoms with Gasteiger partial charge in [0.2, 0.25) is 0 Å². The molecule has 0 N–H and O–H groups in total. The summed E-state index contributed by atoms with van der Waals surface area (Å²) in [5.74, 6) is 3.17. The number of alkyl halides is 3. The molecule has 2 aliphatic heterocycles. The number of anilines is 1. The van der Waals surface area contributed by atoms with E-state index in [-0.39, 0.29) is 5.92 Å². The number of fused-ring (bicyclic) bond motifs is 13. The Bertz CT molecular complexity index is 2370. The van der Waals surface area contributed by atoms with Crippen LogP contribution in [0.3, 0.4) is 0 Å². The van der Waals surface area contributed by atoms with Crippen molar-refractivity contribution < 1.29 is 36.9 Å². The summed E-state index contributed by atoms with van der Waals surface area (Å²) in [7, 11) is 4.87. The zero-order valence-corrected chi connectivity index (χ0v) is 31.1. The monoisotopic (exact) mass is 745 g/mol. The van der Waals surface area contributed by atoms with E-state index in [4.69, 9.17) is 23.7 Å². The lowest BCUT2D eigenvalue weighted by Gasteiger charge is -2.41. The van der Waals surface area contributed by atoms with Crippen LogP contribution in [0.15, 0.2) is 84.9 Å². The van der Waals surface area contributed by atoms with Crippen LogP contribution >= 0.6 is 0 Å². The minimum Gasteiger partial charge on any atom is -0.497 e. The van der Waals surface area contributed by atoms with E-state index >= 15 is 0 Å². The molecule has 5 aliphatic rings. The van der Waals surface area contributed by atoms with Gasteiger partial charge in [-0.25, -0.2) is 0 Å². The molecule has 282 valence electrons. The second-order valence-electron chi connectivity index (χ2n) is 15.6. The van der Waals surface area contributed by atoms with E-state index in [1.54, 1.807) is 27.4 Å². The minimum absolute atomic E-state index is 0.220. The first-order valence-electron chi connectivity index (χ1n) is 19.1. The number of morpholine rings is 1. The number of rotatable bonds is 6. The third kappa shape index (κ3) is 4.97. The number of hydrogen-bond acceptors (Lipinski definition) is 6. The maximum atomic E-state index is 14.5. The quantitative estimate of drug-likeness (QED) is 0.173. The average Bonchev–Trinajstić information content (AvgIpc) is 3.92. The predicted molar refractivity (Wildman–Crippen MR) is 207 cm³/mol. The number of benzene rings is 5. The average molecular weight is 746 g/mol. The number of nitrogens with zero attached hydrogens (tertiary/aromatic N) is 1. The fourth-order valence-corrected chi connectivity index (χ4v) is 10.7. The summed E-state index contributed by atoms with van der Waals surface area (Å²) >= 11 is 0. The smallest absolute Gasteiger partial charge is 0.416 e. The molecule has 3 fully saturated rings. The van der Waals surface area contributed by atoms with E-state index in [0.717, 1.165) is 99.9 Å².